The van der Waals surface area contributed by atoms with E-state index in [2.05, 4.69) is 30.6 Å². The van der Waals surface area contributed by atoms with E-state index in [-0.39, 0.29) is 37.5 Å². The van der Waals surface area contributed by atoms with Crippen LogP contribution in [-0.4, -0.2) is 113 Å². The quantitative estimate of drug-likeness (QED) is 0.252. The molecule has 0 aliphatic carbocycles. The summed E-state index contributed by atoms with van der Waals surface area (Å²) < 4.78 is 67.1. The fourth-order valence-corrected chi connectivity index (χ4v) is 6.84. The second-order valence-corrected chi connectivity index (χ2v) is 11.8. The zero-order valence-electron chi connectivity index (χ0n) is 24.0. The Kier molecular flexibility index (Phi) is 9.29. The van der Waals surface area contributed by atoms with E-state index in [4.69, 9.17) is 18.9 Å². The highest BCUT2D eigenvalue weighted by Gasteiger charge is 2.45. The van der Waals surface area contributed by atoms with E-state index in [1.54, 1.807) is 6.20 Å². The predicted octanol–water partition coefficient (Wildman–Crippen LogP) is 1.82. The van der Waals surface area contributed by atoms with Crippen LogP contribution in [0.1, 0.15) is 18.5 Å². The largest absolute Gasteiger partial charge is 0.494 e. The van der Waals surface area contributed by atoms with Crippen molar-refractivity contribution >= 4 is 11.8 Å². The molecule has 240 valence electrons. The summed E-state index contributed by atoms with van der Waals surface area (Å²) in [5.74, 6) is -3.44. The molecule has 7 atom stereocenters. The van der Waals surface area contributed by atoms with Gasteiger partial charge in [-0.1, -0.05) is 10.4 Å². The van der Waals surface area contributed by atoms with Crippen molar-refractivity contribution in [3.05, 3.63) is 54.4 Å². The van der Waals surface area contributed by atoms with Gasteiger partial charge in [0.05, 0.1) is 75.2 Å². The summed E-state index contributed by atoms with van der Waals surface area (Å²) in [4.78, 5) is 8.45. The minimum atomic E-state index is -1.58. The lowest BCUT2D eigenvalue weighted by atomic mass is 10.0. The number of hydrogen-bond donors (Lipinski definition) is 2. The highest BCUT2D eigenvalue weighted by Crippen LogP contribution is 2.41. The molecule has 4 aromatic rings. The molecule has 18 heteroatoms. The molecule has 1 aromatic carbocycles. The number of halogens is 3. The molecule has 2 fully saturated rings. The first-order valence-electron chi connectivity index (χ1n) is 13.8. The van der Waals surface area contributed by atoms with Crippen LogP contribution in [0.2, 0.25) is 0 Å². The van der Waals surface area contributed by atoms with Crippen LogP contribution >= 0.6 is 11.8 Å². The fourth-order valence-electron chi connectivity index (χ4n) is 5.31. The lowest BCUT2D eigenvalue weighted by Gasteiger charge is -2.43. The van der Waals surface area contributed by atoms with E-state index in [0.29, 0.717) is 17.3 Å². The summed E-state index contributed by atoms with van der Waals surface area (Å²) in [5, 5.41) is 37.4. The minimum Gasteiger partial charge on any atom is -0.494 e. The first-order valence-corrected chi connectivity index (χ1v) is 14.8. The van der Waals surface area contributed by atoms with Gasteiger partial charge in [-0.15, -0.1) is 22.0 Å². The molecular weight excluding hydrogens is 621 g/mol. The summed E-state index contributed by atoms with van der Waals surface area (Å²) in [7, 11) is 3.00. The van der Waals surface area contributed by atoms with E-state index in [0.717, 1.165) is 12.1 Å². The Morgan fingerprint density at radius 2 is 1.64 bits per heavy atom. The average Bonchev–Trinajstić information content (AvgIpc) is 3.75. The molecule has 2 N–H and O–H groups in total. The topological polar surface area (TPSA) is 165 Å². The Bertz CT molecular complexity index is 1590. The molecule has 2 aliphatic heterocycles. The van der Waals surface area contributed by atoms with Crippen LogP contribution in [0.4, 0.5) is 13.2 Å². The molecule has 6 rings (SSSR count). The van der Waals surface area contributed by atoms with Crippen LogP contribution in [-0.2, 0) is 14.2 Å². The molecule has 5 heterocycles. The number of nitrogens with zero attached hydrogens (tertiary/aromatic N) is 8. The van der Waals surface area contributed by atoms with Gasteiger partial charge in [0.25, 0.3) is 0 Å². The van der Waals surface area contributed by atoms with Crippen molar-refractivity contribution < 1.29 is 42.3 Å². The monoisotopic (exact) mass is 650 g/mol. The summed E-state index contributed by atoms with van der Waals surface area (Å²) in [6.07, 6.45) is 4.19. The first-order chi connectivity index (χ1) is 21.8. The van der Waals surface area contributed by atoms with Gasteiger partial charge in [0.2, 0.25) is 0 Å². The van der Waals surface area contributed by atoms with Crippen molar-refractivity contribution in [3.8, 4) is 28.5 Å². The Morgan fingerprint density at radius 3 is 2.31 bits per heavy atom. The lowest BCUT2D eigenvalue weighted by Crippen LogP contribution is -2.50. The first kappa shape index (κ1) is 31.3. The molecule has 0 bridgehead atoms. The standard InChI is InChI=1S/C27H29F3N8O6S/c1-41-15-6-31-26(32-7-15)19-9-38(36-34-19)21-11-43-12-22(24(21)40)45-27-25(42-2)20(5-14(10-39)44-27)37-8-18(33-35-37)13-3-16(28)23(30)17(29)4-13/h3-4,6-9,14,20-22,24-25,27,39-40H,5,10-12H2,1-2H3/t14-,20+,21+,22-,24-,25-,27+/m1/s1. The summed E-state index contributed by atoms with van der Waals surface area (Å²) in [5.41, 5.74) is -0.168. The maximum absolute atomic E-state index is 13.9. The van der Waals surface area contributed by atoms with Crippen molar-refractivity contribution in [2.45, 2.75) is 47.5 Å². The van der Waals surface area contributed by atoms with Gasteiger partial charge in [0.15, 0.2) is 29.0 Å². The summed E-state index contributed by atoms with van der Waals surface area (Å²) in [6, 6.07) is 0.569. The number of methoxy groups -OCH3 is 2. The van der Waals surface area contributed by atoms with Crippen molar-refractivity contribution in [1.82, 2.24) is 40.0 Å². The molecule has 3 aromatic heterocycles. The fraction of sp³-hybridized carbons (Fsp3) is 0.481. The number of hydrogen-bond acceptors (Lipinski definition) is 13. The number of aliphatic hydroxyl groups is 2. The van der Waals surface area contributed by atoms with Gasteiger partial charge in [-0.25, -0.2) is 32.5 Å². The zero-order valence-corrected chi connectivity index (χ0v) is 24.8. The number of aromatic nitrogens is 8. The Hall–Kier alpha value is -3.68. The van der Waals surface area contributed by atoms with Crippen molar-refractivity contribution in [2.24, 2.45) is 0 Å². The van der Waals surface area contributed by atoms with E-state index in [9.17, 15) is 23.4 Å². The normalized spacial score (nSPS) is 27.0. The van der Waals surface area contributed by atoms with Crippen LogP contribution in [0.5, 0.6) is 5.75 Å². The van der Waals surface area contributed by atoms with E-state index < -0.39 is 58.5 Å². The van der Waals surface area contributed by atoms with Crippen LogP contribution in [0.15, 0.2) is 36.9 Å². The molecular formula is C27H29F3N8O6S. The van der Waals surface area contributed by atoms with Crippen molar-refractivity contribution in [3.63, 3.8) is 0 Å². The van der Waals surface area contributed by atoms with Crippen molar-refractivity contribution in [1.29, 1.82) is 0 Å². The smallest absolute Gasteiger partial charge is 0.194 e. The molecule has 45 heavy (non-hydrogen) atoms. The third kappa shape index (κ3) is 6.38. The maximum atomic E-state index is 13.9. The van der Waals surface area contributed by atoms with E-state index in [1.807, 2.05) is 0 Å². The van der Waals surface area contributed by atoms with E-state index >= 15 is 0 Å². The highest BCUT2D eigenvalue weighted by molar-refractivity contribution is 8.00. The number of thioether (sulfide) groups is 1. The van der Waals surface area contributed by atoms with Crippen LogP contribution in [0, 0.1) is 17.5 Å². The lowest BCUT2D eigenvalue weighted by molar-refractivity contribution is -0.130. The Morgan fingerprint density at radius 1 is 0.978 bits per heavy atom. The van der Waals surface area contributed by atoms with Gasteiger partial charge in [-0.2, -0.15) is 0 Å². The van der Waals surface area contributed by atoms with Crippen LogP contribution in [0.3, 0.4) is 0 Å². The second-order valence-electron chi connectivity index (χ2n) is 10.5. The third-order valence-corrected chi connectivity index (χ3v) is 9.09. The van der Waals surface area contributed by atoms with Gasteiger partial charge in [0.1, 0.15) is 29.0 Å². The highest BCUT2D eigenvalue weighted by atomic mass is 32.2. The van der Waals surface area contributed by atoms with Gasteiger partial charge in [0, 0.05) is 19.1 Å². The molecule has 0 radical (unpaired) electrons. The number of aliphatic hydroxyl groups excluding tert-OH is 2. The Labute approximate surface area is 258 Å². The summed E-state index contributed by atoms with van der Waals surface area (Å²) >= 11 is 1.28. The molecule has 2 saturated heterocycles. The predicted molar refractivity (Wildman–Crippen MR) is 150 cm³/mol. The van der Waals surface area contributed by atoms with Gasteiger partial charge >= 0.3 is 0 Å². The summed E-state index contributed by atoms with van der Waals surface area (Å²) in [6.45, 7) is 0.0742. The molecule has 0 saturated carbocycles. The third-order valence-electron chi connectivity index (χ3n) is 7.68. The SMILES string of the molecule is COc1cnc(-c2cn([C@H]3COC[C@@H](S[C@@H]4O[C@@H](CO)C[C@H](n5cc(-c6cc(F)c(F)c(F)c6)nn5)[C@H]4OC)[C@@H]3O)nn2)nc1. The second kappa shape index (κ2) is 13.4. The minimum absolute atomic E-state index is 0.00616. The van der Waals surface area contributed by atoms with Crippen molar-refractivity contribution in [2.75, 3.05) is 34.0 Å². The molecule has 0 unspecified atom stereocenters. The molecule has 14 nitrogen and oxygen atoms in total. The van der Waals surface area contributed by atoms with Crippen LogP contribution < -0.4 is 4.74 Å². The van der Waals surface area contributed by atoms with Gasteiger partial charge in [-0.05, 0) is 12.1 Å². The maximum Gasteiger partial charge on any atom is 0.194 e. The molecule has 0 amide bonds. The van der Waals surface area contributed by atoms with Crippen LogP contribution in [0.25, 0.3) is 22.8 Å². The Balaban J connectivity index is 1.19. The number of ether oxygens (including phenoxy) is 4. The average molecular weight is 651 g/mol. The van der Waals surface area contributed by atoms with Gasteiger partial charge in [-0.3, -0.25) is 0 Å². The zero-order chi connectivity index (χ0) is 31.7. The molecule has 2 aliphatic rings. The molecule has 0 spiro atoms. The van der Waals surface area contributed by atoms with E-state index in [1.165, 1.54) is 53.9 Å². The number of benzene rings is 1. The number of rotatable bonds is 9. The van der Waals surface area contributed by atoms with Gasteiger partial charge < -0.3 is 29.2 Å².